The summed E-state index contributed by atoms with van der Waals surface area (Å²) in [5.41, 5.74) is -1.77. The largest absolute Gasteiger partial charge is 0.497 e. The van der Waals surface area contributed by atoms with Crippen LogP contribution in [0.1, 0.15) is 17.5 Å². The molecule has 3 atom stereocenters. The number of rotatable bonds is 9. The van der Waals surface area contributed by atoms with E-state index in [-0.39, 0.29) is 51.3 Å². The Hall–Kier alpha value is -3.95. The van der Waals surface area contributed by atoms with Gasteiger partial charge in [-0.15, -0.1) is 0 Å². The second kappa shape index (κ2) is 13.6. The summed E-state index contributed by atoms with van der Waals surface area (Å²) < 4.78 is 51.2. The van der Waals surface area contributed by atoms with Gasteiger partial charge in [-0.25, -0.2) is 17.7 Å². The van der Waals surface area contributed by atoms with Crippen molar-refractivity contribution in [3.8, 4) is 17.4 Å². The number of hydrogen-bond donors (Lipinski definition) is 2. The number of aliphatic carboxylic acids is 1. The molecule has 2 N–H and O–H groups in total. The number of ether oxygens (including phenoxy) is 4. The smallest absolute Gasteiger partial charge is 0.321 e. The molecule has 0 spiro atoms. The first-order valence-corrected chi connectivity index (χ1v) is 15.5. The average Bonchev–Trinajstić information content (AvgIpc) is 3.58. The summed E-state index contributed by atoms with van der Waals surface area (Å²) in [5, 5.41) is 13.3. The van der Waals surface area contributed by atoms with Crippen LogP contribution in [0.25, 0.3) is 0 Å². The standard InChI is InChI=1S/C28H28ClN3O9S.C2H7N/c1-38-17-8-10-24(23(14-17)40-3)42(36,37)32-21-9-7-16(29)12-20(21)28(27(32)35,19-6-5-11-30-25(19)41-4)31-15-18(39-2)13-22(31)26(33)34;1-3-2/h5-12,14,18,22H,13,15H2,1-4H3,(H,33,34);3H,1-2H3/t18-,22-,28?;/m0./s1. The number of methoxy groups -OCH3 is 4. The molecule has 45 heavy (non-hydrogen) atoms. The van der Waals surface area contributed by atoms with Crippen molar-refractivity contribution in [2.24, 2.45) is 0 Å². The summed E-state index contributed by atoms with van der Waals surface area (Å²) in [4.78, 5) is 33.1. The predicted octanol–water partition coefficient (Wildman–Crippen LogP) is 2.75. The van der Waals surface area contributed by atoms with E-state index in [1.165, 1.54) is 75.9 Å². The molecule has 2 aromatic carbocycles. The molecule has 0 radical (unpaired) electrons. The molecular formula is C30H35ClN4O9S. The Morgan fingerprint density at radius 3 is 2.36 bits per heavy atom. The third-order valence-corrected chi connectivity index (χ3v) is 9.59. The highest BCUT2D eigenvalue weighted by Crippen LogP contribution is 2.55. The van der Waals surface area contributed by atoms with E-state index in [2.05, 4.69) is 10.3 Å². The van der Waals surface area contributed by atoms with Gasteiger partial charge in [-0.05, 0) is 56.6 Å². The Bertz CT molecular complexity index is 1690. The SMILES string of the molecule is CNC.COc1ccc(S(=O)(=O)N2C(=O)C(c3cccnc3OC)(N3C[C@@H](OC)C[C@H]3C(=O)O)c3cc(Cl)ccc32)c(OC)c1. The molecular weight excluding hydrogens is 628 g/mol. The Kier molecular flexibility index (Phi) is 10.2. The second-order valence-electron chi connectivity index (χ2n) is 10.1. The number of nitrogens with one attached hydrogen (secondary N) is 1. The van der Waals surface area contributed by atoms with Crippen molar-refractivity contribution < 1.29 is 42.1 Å². The molecule has 1 fully saturated rings. The van der Waals surface area contributed by atoms with Crippen LogP contribution in [-0.4, -0.2) is 96.5 Å². The number of nitrogens with zero attached hydrogens (tertiary/aromatic N) is 3. The van der Waals surface area contributed by atoms with Gasteiger partial charge in [-0.1, -0.05) is 11.6 Å². The van der Waals surface area contributed by atoms with Gasteiger partial charge < -0.3 is 29.4 Å². The number of carbonyl (C=O) groups excluding carboxylic acids is 1. The summed E-state index contributed by atoms with van der Waals surface area (Å²) in [6, 6.07) is 10.3. The van der Waals surface area contributed by atoms with Gasteiger partial charge in [0.1, 0.15) is 22.4 Å². The van der Waals surface area contributed by atoms with Crippen LogP contribution in [0.2, 0.25) is 5.02 Å². The third-order valence-electron chi connectivity index (χ3n) is 7.62. The summed E-state index contributed by atoms with van der Waals surface area (Å²) in [6.45, 7) is -0.0248. The number of carboxylic acids is 1. The van der Waals surface area contributed by atoms with Crippen molar-refractivity contribution >= 4 is 39.2 Å². The number of halogens is 1. The van der Waals surface area contributed by atoms with Crippen molar-refractivity contribution in [1.29, 1.82) is 0 Å². The lowest BCUT2D eigenvalue weighted by atomic mass is 9.81. The minimum absolute atomic E-state index is 0.00283. The van der Waals surface area contributed by atoms with Crippen molar-refractivity contribution in [2.75, 3.05) is 53.4 Å². The Labute approximate surface area is 266 Å². The quantitative estimate of drug-likeness (QED) is 0.346. The maximum absolute atomic E-state index is 15.0. The predicted molar refractivity (Wildman–Crippen MR) is 166 cm³/mol. The van der Waals surface area contributed by atoms with Crippen LogP contribution in [0, 0.1) is 0 Å². The molecule has 15 heteroatoms. The lowest BCUT2D eigenvalue weighted by molar-refractivity contribution is -0.145. The molecule has 3 aromatic rings. The van der Waals surface area contributed by atoms with Crippen molar-refractivity contribution in [3.05, 3.63) is 70.9 Å². The minimum Gasteiger partial charge on any atom is -0.497 e. The number of benzene rings is 2. The molecule has 0 bridgehead atoms. The Balaban J connectivity index is 0.00000148. The molecule has 2 aliphatic heterocycles. The van der Waals surface area contributed by atoms with E-state index in [9.17, 15) is 18.3 Å². The van der Waals surface area contributed by atoms with Crippen molar-refractivity contribution in [3.63, 3.8) is 0 Å². The number of carbonyl (C=O) groups is 2. The van der Waals surface area contributed by atoms with Gasteiger partial charge in [0.15, 0.2) is 5.54 Å². The van der Waals surface area contributed by atoms with E-state index in [0.717, 1.165) is 0 Å². The van der Waals surface area contributed by atoms with E-state index in [1.54, 1.807) is 12.1 Å². The fraction of sp³-hybridized carbons (Fsp3) is 0.367. The maximum atomic E-state index is 15.0. The number of sulfonamides is 1. The van der Waals surface area contributed by atoms with Crippen LogP contribution < -0.4 is 23.8 Å². The normalized spacial score (nSPS) is 21.1. The highest BCUT2D eigenvalue weighted by atomic mass is 35.5. The fourth-order valence-corrected chi connectivity index (χ4v) is 7.54. The third kappa shape index (κ3) is 5.68. The summed E-state index contributed by atoms with van der Waals surface area (Å²) >= 11 is 6.46. The lowest BCUT2D eigenvalue weighted by Crippen LogP contribution is -2.58. The molecule has 1 saturated heterocycles. The highest BCUT2D eigenvalue weighted by molar-refractivity contribution is 7.93. The number of anilines is 1. The first-order valence-electron chi connectivity index (χ1n) is 13.7. The van der Waals surface area contributed by atoms with Crippen LogP contribution in [0.4, 0.5) is 5.69 Å². The zero-order valence-electron chi connectivity index (χ0n) is 25.6. The second-order valence-corrected chi connectivity index (χ2v) is 12.3. The van der Waals surface area contributed by atoms with E-state index in [0.29, 0.717) is 10.1 Å². The zero-order valence-corrected chi connectivity index (χ0v) is 27.2. The van der Waals surface area contributed by atoms with E-state index in [4.69, 9.17) is 30.5 Å². The topological polar surface area (TPSA) is 157 Å². The number of hydrogen-bond acceptors (Lipinski definition) is 11. The number of carboxylic acid groups (broad SMARTS) is 1. The van der Waals surface area contributed by atoms with Crippen LogP contribution >= 0.6 is 11.6 Å². The maximum Gasteiger partial charge on any atom is 0.321 e. The molecule has 1 unspecified atom stereocenters. The molecule has 242 valence electrons. The summed E-state index contributed by atoms with van der Waals surface area (Å²) in [5.74, 6) is -1.90. The van der Waals surface area contributed by atoms with Gasteiger partial charge in [-0.2, -0.15) is 0 Å². The van der Waals surface area contributed by atoms with Crippen molar-refractivity contribution in [2.45, 2.75) is 29.0 Å². The number of amides is 1. The van der Waals surface area contributed by atoms with E-state index >= 15 is 4.79 Å². The van der Waals surface area contributed by atoms with Crippen LogP contribution in [0.15, 0.2) is 59.6 Å². The molecule has 1 aromatic heterocycles. The monoisotopic (exact) mass is 662 g/mol. The summed E-state index contributed by atoms with van der Waals surface area (Å²) in [7, 11) is 4.59. The van der Waals surface area contributed by atoms with Gasteiger partial charge in [-0.3, -0.25) is 14.5 Å². The molecule has 0 aliphatic carbocycles. The molecule has 3 heterocycles. The number of aromatic nitrogens is 1. The molecule has 2 aliphatic rings. The average molecular weight is 663 g/mol. The fourth-order valence-electron chi connectivity index (χ4n) is 5.77. The van der Waals surface area contributed by atoms with Gasteiger partial charge in [0.25, 0.3) is 15.9 Å². The zero-order chi connectivity index (χ0) is 33.1. The summed E-state index contributed by atoms with van der Waals surface area (Å²) in [6.07, 6.45) is 0.911. The van der Waals surface area contributed by atoms with Crippen LogP contribution in [-0.2, 0) is 29.9 Å². The Morgan fingerprint density at radius 1 is 1.04 bits per heavy atom. The molecule has 1 amide bonds. The number of pyridine rings is 1. The molecule has 0 saturated carbocycles. The van der Waals surface area contributed by atoms with E-state index in [1.807, 2.05) is 14.1 Å². The number of likely N-dealkylation sites (tertiary alicyclic amines) is 1. The lowest BCUT2D eigenvalue weighted by Gasteiger charge is -2.40. The molecule has 13 nitrogen and oxygen atoms in total. The van der Waals surface area contributed by atoms with Gasteiger partial charge >= 0.3 is 5.97 Å². The van der Waals surface area contributed by atoms with Crippen LogP contribution in [0.5, 0.6) is 17.4 Å². The highest BCUT2D eigenvalue weighted by Gasteiger charge is 2.64. The first-order chi connectivity index (χ1) is 21.5. The Morgan fingerprint density at radius 2 is 1.76 bits per heavy atom. The van der Waals surface area contributed by atoms with Gasteiger partial charge in [0.05, 0.1) is 33.1 Å². The number of fused-ring (bicyclic) bond motifs is 1. The van der Waals surface area contributed by atoms with Crippen LogP contribution in [0.3, 0.4) is 0 Å². The van der Waals surface area contributed by atoms with Crippen molar-refractivity contribution in [1.82, 2.24) is 15.2 Å². The molecule has 5 rings (SSSR count). The first kappa shape index (κ1) is 33.9. The van der Waals surface area contributed by atoms with Gasteiger partial charge in [0, 0.05) is 48.5 Å². The minimum atomic E-state index is -4.67. The van der Waals surface area contributed by atoms with Gasteiger partial charge in [0.2, 0.25) is 5.88 Å². The van der Waals surface area contributed by atoms with E-state index < -0.39 is 39.6 Å².